The maximum Gasteiger partial charge on any atom is 0.244 e. The summed E-state index contributed by atoms with van der Waals surface area (Å²) in [7, 11) is 1.34. The number of hydrogen-bond donors (Lipinski definition) is 2. The van der Waals surface area contributed by atoms with Crippen LogP contribution in [0.3, 0.4) is 0 Å². The number of methoxy groups -OCH3 is 1. The summed E-state index contributed by atoms with van der Waals surface area (Å²) in [6.45, 7) is 1.55. The Bertz CT molecular complexity index is 883. The lowest BCUT2D eigenvalue weighted by atomic mass is 10.1. The summed E-state index contributed by atoms with van der Waals surface area (Å²) >= 11 is 0. The molecule has 0 bridgehead atoms. The minimum atomic E-state index is -3.85. The molecule has 0 fully saturated rings. The first-order chi connectivity index (χ1) is 12.7. The highest BCUT2D eigenvalue weighted by Gasteiger charge is 2.23. The van der Waals surface area contributed by atoms with Crippen LogP contribution in [-0.2, 0) is 14.8 Å². The molecule has 2 aromatic rings. The molecule has 1 atom stereocenters. The number of sulfonamides is 1. The fourth-order valence-electron chi connectivity index (χ4n) is 2.71. The molecule has 0 aliphatic rings. The van der Waals surface area contributed by atoms with E-state index in [0.717, 1.165) is 5.56 Å². The lowest BCUT2D eigenvalue weighted by Crippen LogP contribution is -2.34. The molecule has 0 saturated heterocycles. The second-order valence-electron chi connectivity index (χ2n) is 6.29. The van der Waals surface area contributed by atoms with Gasteiger partial charge in [-0.15, -0.1) is 0 Å². The van der Waals surface area contributed by atoms with Crippen LogP contribution in [0.4, 0.5) is 5.69 Å². The van der Waals surface area contributed by atoms with Gasteiger partial charge >= 0.3 is 0 Å². The van der Waals surface area contributed by atoms with Crippen LogP contribution < -0.4 is 14.8 Å². The zero-order chi connectivity index (χ0) is 20.0. The van der Waals surface area contributed by atoms with Crippen LogP contribution in [0.1, 0.15) is 18.5 Å². The molecule has 0 unspecified atom stereocenters. The van der Waals surface area contributed by atoms with E-state index in [0.29, 0.717) is 5.69 Å². The number of hydrogen-bond acceptors (Lipinski definition) is 5. The largest absolute Gasteiger partial charge is 0.495 e. The van der Waals surface area contributed by atoms with Crippen molar-refractivity contribution in [3.63, 3.8) is 0 Å². The Morgan fingerprint density at radius 2 is 1.81 bits per heavy atom. The Labute approximate surface area is 160 Å². The third-order valence-corrected chi connectivity index (χ3v) is 5.49. The summed E-state index contributed by atoms with van der Waals surface area (Å²) in [4.78, 5) is 13.2. The number of anilines is 1. The van der Waals surface area contributed by atoms with Crippen molar-refractivity contribution in [3.05, 3.63) is 54.1 Å². The van der Waals surface area contributed by atoms with Gasteiger partial charge in [0.1, 0.15) is 10.6 Å². The van der Waals surface area contributed by atoms with Crippen molar-refractivity contribution in [2.24, 2.45) is 0 Å². The van der Waals surface area contributed by atoms with Crippen molar-refractivity contribution in [2.75, 3.05) is 33.1 Å². The predicted molar refractivity (Wildman–Crippen MR) is 105 cm³/mol. The summed E-state index contributed by atoms with van der Waals surface area (Å²) in [5, 5.41) is 2.58. The second kappa shape index (κ2) is 8.98. The molecule has 0 radical (unpaired) electrons. The Hall–Kier alpha value is -2.42. The number of carbonyl (C=O) groups is 1. The predicted octanol–water partition coefficient (Wildman–Crippen LogP) is 2.23. The fraction of sp³-hybridized carbons (Fsp3) is 0.316. The Kier molecular flexibility index (Phi) is 6.95. The van der Waals surface area contributed by atoms with Gasteiger partial charge in [0.25, 0.3) is 0 Å². The first kappa shape index (κ1) is 20.9. The minimum absolute atomic E-state index is 0.0261. The van der Waals surface area contributed by atoms with E-state index in [2.05, 4.69) is 10.0 Å². The van der Waals surface area contributed by atoms with E-state index in [1.165, 1.54) is 26.2 Å². The van der Waals surface area contributed by atoms with E-state index in [-0.39, 0.29) is 29.1 Å². The van der Waals surface area contributed by atoms with Crippen molar-refractivity contribution in [3.8, 4) is 5.75 Å². The molecule has 0 aromatic heterocycles. The fourth-order valence-corrected chi connectivity index (χ4v) is 3.94. The van der Waals surface area contributed by atoms with Crippen LogP contribution >= 0.6 is 0 Å². The molecule has 7 nitrogen and oxygen atoms in total. The lowest BCUT2D eigenvalue weighted by Gasteiger charge is -2.25. The Balaban J connectivity index is 2.28. The highest BCUT2D eigenvalue weighted by Crippen LogP contribution is 2.27. The summed E-state index contributed by atoms with van der Waals surface area (Å²) in [6, 6.07) is 14.0. The van der Waals surface area contributed by atoms with Crippen LogP contribution in [-0.4, -0.2) is 47.0 Å². The normalized spacial score (nSPS) is 12.6. The number of rotatable bonds is 8. The maximum atomic E-state index is 12.9. The quantitative estimate of drug-likeness (QED) is 0.721. The molecule has 1 amide bonds. The number of nitrogens with one attached hydrogen (secondary N) is 2. The third-order valence-electron chi connectivity index (χ3n) is 4.05. The van der Waals surface area contributed by atoms with E-state index in [4.69, 9.17) is 4.74 Å². The highest BCUT2D eigenvalue weighted by molar-refractivity contribution is 7.89. The van der Waals surface area contributed by atoms with Crippen LogP contribution in [0.2, 0.25) is 0 Å². The van der Waals surface area contributed by atoms with Gasteiger partial charge in [-0.25, -0.2) is 13.1 Å². The molecule has 8 heteroatoms. The number of nitrogens with zero attached hydrogens (tertiary/aromatic N) is 1. The monoisotopic (exact) mass is 391 g/mol. The SMILES string of the molecule is COc1ccc(NC(C)=O)cc1S(=O)(=O)NC[C@@H](c1ccccc1)N(C)C. The topological polar surface area (TPSA) is 87.7 Å². The Morgan fingerprint density at radius 1 is 1.15 bits per heavy atom. The van der Waals surface area contributed by atoms with Gasteiger partial charge in [-0.1, -0.05) is 30.3 Å². The van der Waals surface area contributed by atoms with E-state index in [1.807, 2.05) is 49.3 Å². The van der Waals surface area contributed by atoms with Crippen LogP contribution in [0.25, 0.3) is 0 Å². The van der Waals surface area contributed by atoms with Crippen molar-refractivity contribution < 1.29 is 17.9 Å². The van der Waals surface area contributed by atoms with Crippen LogP contribution in [0.15, 0.2) is 53.4 Å². The zero-order valence-corrected chi connectivity index (χ0v) is 16.7. The number of likely N-dealkylation sites (N-methyl/N-ethyl adjacent to an activating group) is 1. The van der Waals surface area contributed by atoms with Crippen molar-refractivity contribution in [1.29, 1.82) is 0 Å². The van der Waals surface area contributed by atoms with Gasteiger partial charge in [0.15, 0.2) is 0 Å². The smallest absolute Gasteiger partial charge is 0.244 e. The molecule has 0 aliphatic heterocycles. The van der Waals surface area contributed by atoms with Gasteiger partial charge in [-0.3, -0.25) is 4.79 Å². The van der Waals surface area contributed by atoms with Crippen molar-refractivity contribution in [2.45, 2.75) is 17.9 Å². The molecular formula is C19H25N3O4S. The van der Waals surface area contributed by atoms with Gasteiger partial charge < -0.3 is 15.0 Å². The molecule has 27 heavy (non-hydrogen) atoms. The standard InChI is InChI=1S/C19H25N3O4S/c1-14(23)21-16-10-11-18(26-4)19(12-16)27(24,25)20-13-17(22(2)3)15-8-6-5-7-9-15/h5-12,17,20H,13H2,1-4H3,(H,21,23)/t17-/m0/s1. The minimum Gasteiger partial charge on any atom is -0.495 e. The van der Waals surface area contributed by atoms with E-state index < -0.39 is 10.0 Å². The summed E-state index contributed by atoms with van der Waals surface area (Å²) in [6.07, 6.45) is 0. The second-order valence-corrected chi connectivity index (χ2v) is 8.02. The first-order valence-corrected chi connectivity index (χ1v) is 9.89. The summed E-state index contributed by atoms with van der Waals surface area (Å²) in [5.74, 6) is -0.0778. The molecule has 146 valence electrons. The third kappa shape index (κ3) is 5.53. The lowest BCUT2D eigenvalue weighted by molar-refractivity contribution is -0.114. The number of benzene rings is 2. The van der Waals surface area contributed by atoms with Gasteiger partial charge in [-0.05, 0) is 37.9 Å². The maximum absolute atomic E-state index is 12.9. The van der Waals surface area contributed by atoms with E-state index >= 15 is 0 Å². The molecule has 2 aromatic carbocycles. The average Bonchev–Trinajstić information content (AvgIpc) is 2.62. The zero-order valence-electron chi connectivity index (χ0n) is 15.9. The molecule has 2 rings (SSSR count). The van der Waals surface area contributed by atoms with E-state index in [9.17, 15) is 13.2 Å². The molecule has 0 heterocycles. The first-order valence-electron chi connectivity index (χ1n) is 8.41. The molecule has 0 aliphatic carbocycles. The molecular weight excluding hydrogens is 366 g/mol. The van der Waals surface area contributed by atoms with Gasteiger partial charge in [0.2, 0.25) is 15.9 Å². The van der Waals surface area contributed by atoms with Crippen molar-refractivity contribution in [1.82, 2.24) is 9.62 Å². The van der Waals surface area contributed by atoms with Gasteiger partial charge in [-0.2, -0.15) is 0 Å². The van der Waals surface area contributed by atoms with Gasteiger partial charge in [0, 0.05) is 25.2 Å². The van der Waals surface area contributed by atoms with Gasteiger partial charge in [0.05, 0.1) is 7.11 Å². The molecule has 2 N–H and O–H groups in total. The number of carbonyl (C=O) groups excluding carboxylic acids is 1. The molecule has 0 saturated carbocycles. The summed E-state index contributed by atoms with van der Waals surface area (Å²) < 4.78 is 33.6. The van der Waals surface area contributed by atoms with Crippen LogP contribution in [0.5, 0.6) is 5.75 Å². The Morgan fingerprint density at radius 3 is 2.37 bits per heavy atom. The van der Waals surface area contributed by atoms with Crippen LogP contribution in [0, 0.1) is 0 Å². The average molecular weight is 391 g/mol. The number of ether oxygens (including phenoxy) is 1. The molecule has 0 spiro atoms. The van der Waals surface area contributed by atoms with Crippen molar-refractivity contribution >= 4 is 21.6 Å². The highest BCUT2D eigenvalue weighted by atomic mass is 32.2. The number of amides is 1. The summed E-state index contributed by atoms with van der Waals surface area (Å²) in [5.41, 5.74) is 1.39. The van der Waals surface area contributed by atoms with E-state index in [1.54, 1.807) is 6.07 Å².